The molecule has 0 radical (unpaired) electrons. The molecular formula is C50H37N3OS. The van der Waals surface area contributed by atoms with Crippen LogP contribution >= 0.6 is 11.3 Å². The maximum atomic E-state index is 6.63. The summed E-state index contributed by atoms with van der Waals surface area (Å²) in [7, 11) is 0. The highest BCUT2D eigenvalue weighted by Gasteiger charge is 2.54. The first kappa shape index (κ1) is 30.7. The number of nitrogens with zero attached hydrogens (tertiary/aromatic N) is 3. The van der Waals surface area contributed by atoms with Gasteiger partial charge in [-0.2, -0.15) is 0 Å². The van der Waals surface area contributed by atoms with Gasteiger partial charge in [-0.05, 0) is 121 Å². The fourth-order valence-electron chi connectivity index (χ4n) is 12.1. The largest absolute Gasteiger partial charge is 0.457 e. The van der Waals surface area contributed by atoms with E-state index in [9.17, 15) is 0 Å². The van der Waals surface area contributed by atoms with Crippen LogP contribution in [0.3, 0.4) is 0 Å². The Morgan fingerprint density at radius 1 is 0.491 bits per heavy atom. The molecule has 5 heteroatoms. The Bertz CT molecular complexity index is 2840. The third-order valence-corrected chi connectivity index (χ3v) is 15.0. The number of fused-ring (bicyclic) bond motifs is 12. The van der Waals surface area contributed by atoms with Crippen LogP contribution in [0.4, 0.5) is 0 Å². The molecule has 0 atom stereocenters. The number of benzene rings is 6. The number of para-hydroxylation sites is 2. The molecule has 6 aliphatic rings. The molecule has 5 aliphatic carbocycles. The lowest BCUT2D eigenvalue weighted by Crippen LogP contribution is -2.49. The Morgan fingerprint density at radius 2 is 1.05 bits per heavy atom. The Morgan fingerprint density at radius 3 is 1.78 bits per heavy atom. The molecule has 4 fully saturated rings. The van der Waals surface area contributed by atoms with E-state index in [1.54, 1.807) is 0 Å². The van der Waals surface area contributed by atoms with E-state index in [4.69, 9.17) is 19.7 Å². The van der Waals surface area contributed by atoms with Gasteiger partial charge in [0.25, 0.3) is 0 Å². The number of hydrogen-bond acceptors (Lipinski definition) is 5. The number of rotatable bonds is 3. The standard InChI is InChI=1S/C50H37N3OS/c1-3-11-38-34(9-1)35-19-17-33(25-41(35)50(38)39-12-4-6-14-42(39)54-43-15-7-5-13-40(43)50)47-51-46(32-18-20-45-37(24-32)36-10-2-8-16-44(36)55-45)52-48(53-47)49-26-29-21-30(27-49)23-31(22-29)28-49/h1-20,24-25,29-31H,21-23,26-28H2/t29-,30+,31?,49?. The monoisotopic (exact) mass is 727 g/mol. The lowest BCUT2D eigenvalue weighted by molar-refractivity contribution is -0.00938. The summed E-state index contributed by atoms with van der Waals surface area (Å²) in [5.41, 5.74) is 8.94. The quantitative estimate of drug-likeness (QED) is 0.182. The molecule has 8 aromatic rings. The second-order valence-electron chi connectivity index (χ2n) is 17.0. The number of ether oxygens (including phenoxy) is 1. The minimum absolute atomic E-state index is 0.0210. The van der Waals surface area contributed by atoms with Gasteiger partial charge >= 0.3 is 0 Å². The number of thiophene rings is 1. The summed E-state index contributed by atoms with van der Waals surface area (Å²) < 4.78 is 9.23. The smallest absolute Gasteiger partial charge is 0.163 e. The van der Waals surface area contributed by atoms with Crippen molar-refractivity contribution in [3.63, 3.8) is 0 Å². The van der Waals surface area contributed by atoms with Crippen LogP contribution in [0.15, 0.2) is 133 Å². The van der Waals surface area contributed by atoms with Gasteiger partial charge in [-0.1, -0.05) is 91.0 Å². The average Bonchev–Trinajstić information content (AvgIpc) is 3.74. The molecule has 55 heavy (non-hydrogen) atoms. The fraction of sp³-hybridized carbons (Fsp3) is 0.220. The van der Waals surface area contributed by atoms with Crippen LogP contribution in [-0.4, -0.2) is 15.0 Å². The molecule has 0 N–H and O–H groups in total. The number of hydrogen-bond donors (Lipinski definition) is 0. The van der Waals surface area contributed by atoms with Gasteiger partial charge in [0, 0.05) is 47.8 Å². The van der Waals surface area contributed by atoms with Gasteiger partial charge in [-0.3, -0.25) is 0 Å². The molecule has 264 valence electrons. The maximum Gasteiger partial charge on any atom is 0.163 e. The minimum atomic E-state index is -0.545. The summed E-state index contributed by atoms with van der Waals surface area (Å²) in [5.74, 6) is 6.74. The van der Waals surface area contributed by atoms with Crippen LogP contribution in [0.5, 0.6) is 11.5 Å². The Balaban J connectivity index is 1.05. The second-order valence-corrected chi connectivity index (χ2v) is 18.0. The van der Waals surface area contributed by atoms with E-state index < -0.39 is 5.41 Å². The van der Waals surface area contributed by atoms with Crippen molar-refractivity contribution in [2.75, 3.05) is 0 Å². The average molecular weight is 728 g/mol. The van der Waals surface area contributed by atoms with E-state index in [1.807, 2.05) is 11.3 Å². The van der Waals surface area contributed by atoms with Crippen molar-refractivity contribution < 1.29 is 4.74 Å². The predicted molar refractivity (Wildman–Crippen MR) is 221 cm³/mol. The molecule has 1 aliphatic heterocycles. The van der Waals surface area contributed by atoms with Crippen LogP contribution in [0.2, 0.25) is 0 Å². The molecule has 14 rings (SSSR count). The summed E-state index contributed by atoms with van der Waals surface area (Å²) in [6.45, 7) is 0. The molecule has 0 unspecified atom stereocenters. The lowest BCUT2D eigenvalue weighted by atomic mass is 9.49. The van der Waals surface area contributed by atoms with Crippen molar-refractivity contribution >= 4 is 31.5 Å². The van der Waals surface area contributed by atoms with Crippen molar-refractivity contribution in [1.29, 1.82) is 0 Å². The highest BCUT2D eigenvalue weighted by atomic mass is 32.1. The van der Waals surface area contributed by atoms with Crippen molar-refractivity contribution in [2.24, 2.45) is 17.8 Å². The van der Waals surface area contributed by atoms with Gasteiger partial charge in [0.05, 0.1) is 5.41 Å². The zero-order chi connectivity index (χ0) is 35.9. The van der Waals surface area contributed by atoms with Crippen LogP contribution < -0.4 is 4.74 Å². The van der Waals surface area contributed by atoms with E-state index >= 15 is 0 Å². The van der Waals surface area contributed by atoms with Gasteiger partial charge in [0.1, 0.15) is 17.3 Å². The van der Waals surface area contributed by atoms with Crippen LogP contribution in [0.1, 0.15) is 66.6 Å². The molecule has 4 saturated carbocycles. The summed E-state index contributed by atoms with van der Waals surface area (Å²) in [4.78, 5) is 16.5. The highest BCUT2D eigenvalue weighted by Crippen LogP contribution is 2.63. The van der Waals surface area contributed by atoms with Crippen molar-refractivity contribution in [1.82, 2.24) is 15.0 Å². The molecule has 6 aromatic carbocycles. The third kappa shape index (κ3) is 4.20. The van der Waals surface area contributed by atoms with Crippen molar-refractivity contribution in [2.45, 2.75) is 49.4 Å². The number of aromatic nitrogens is 3. The summed E-state index contributed by atoms with van der Waals surface area (Å²) in [5, 5.41) is 2.56. The molecule has 0 amide bonds. The Hall–Kier alpha value is -5.65. The van der Waals surface area contributed by atoms with Gasteiger partial charge in [0.2, 0.25) is 0 Å². The SMILES string of the molecule is c1ccc2c(c1)Oc1ccccc1C21c2ccccc2-c2ccc(-c3nc(-c4ccc5sc6ccccc6c5c4)nc(C45CC6C[C@H](C4)C[C@@H](C6)C5)n3)cc21. The molecule has 2 aromatic heterocycles. The first-order valence-corrected chi connectivity index (χ1v) is 20.7. The van der Waals surface area contributed by atoms with Crippen molar-refractivity contribution in [3.8, 4) is 45.4 Å². The normalized spacial score (nSPS) is 23.4. The van der Waals surface area contributed by atoms with Gasteiger partial charge in [-0.15, -0.1) is 11.3 Å². The van der Waals surface area contributed by atoms with Gasteiger partial charge in [-0.25, -0.2) is 15.0 Å². The van der Waals surface area contributed by atoms with Gasteiger partial charge in [0.15, 0.2) is 11.6 Å². The first-order valence-electron chi connectivity index (χ1n) is 19.9. The summed E-state index contributed by atoms with van der Waals surface area (Å²) in [6, 6.07) is 48.6. The fourth-order valence-corrected chi connectivity index (χ4v) is 13.2. The van der Waals surface area contributed by atoms with Crippen LogP contribution in [0, 0.1) is 17.8 Å². The zero-order valence-corrected chi connectivity index (χ0v) is 31.2. The van der Waals surface area contributed by atoms with E-state index in [2.05, 4.69) is 133 Å². The molecule has 1 spiro atoms. The second kappa shape index (κ2) is 11.0. The predicted octanol–water partition coefficient (Wildman–Crippen LogP) is 12.5. The molecular weight excluding hydrogens is 691 g/mol. The van der Waals surface area contributed by atoms with E-state index in [-0.39, 0.29) is 5.41 Å². The highest BCUT2D eigenvalue weighted by molar-refractivity contribution is 7.25. The first-order chi connectivity index (χ1) is 27.1. The molecule has 3 heterocycles. The molecule has 4 nitrogen and oxygen atoms in total. The van der Waals surface area contributed by atoms with Crippen LogP contribution in [0.25, 0.3) is 54.1 Å². The Labute approximate surface area is 323 Å². The molecule has 0 saturated heterocycles. The Kier molecular flexibility index (Phi) is 6.12. The van der Waals surface area contributed by atoms with Gasteiger partial charge < -0.3 is 4.74 Å². The zero-order valence-electron chi connectivity index (χ0n) is 30.3. The van der Waals surface area contributed by atoms with Crippen LogP contribution in [-0.2, 0) is 10.8 Å². The van der Waals surface area contributed by atoms with E-state index in [1.165, 1.54) is 92.1 Å². The maximum absolute atomic E-state index is 6.63. The summed E-state index contributed by atoms with van der Waals surface area (Å²) >= 11 is 1.85. The van der Waals surface area contributed by atoms with E-state index in [0.29, 0.717) is 0 Å². The topological polar surface area (TPSA) is 47.9 Å². The lowest BCUT2D eigenvalue weighted by Gasteiger charge is -2.56. The van der Waals surface area contributed by atoms with Crippen molar-refractivity contribution in [3.05, 3.63) is 162 Å². The third-order valence-electron chi connectivity index (χ3n) is 13.9. The minimum Gasteiger partial charge on any atom is -0.457 e. The van der Waals surface area contributed by atoms with E-state index in [0.717, 1.165) is 57.9 Å². The summed E-state index contributed by atoms with van der Waals surface area (Å²) in [6.07, 6.45) is 7.75. The molecule has 4 bridgehead atoms.